The van der Waals surface area contributed by atoms with Crippen LogP contribution in [0.25, 0.3) is 11.0 Å². The zero-order chi connectivity index (χ0) is 17.4. The summed E-state index contributed by atoms with van der Waals surface area (Å²) in [5, 5.41) is 36.1. The molecule has 0 saturated carbocycles. The number of hydrogen-bond donors (Lipinski definition) is 0. The molecule has 0 spiro atoms. The predicted octanol–water partition coefficient (Wildman–Crippen LogP) is 4.21. The quantitative estimate of drug-likeness (QED) is 0.618. The van der Waals surface area contributed by atoms with Gasteiger partial charge in [0.1, 0.15) is 23.8 Å². The van der Waals surface area contributed by atoms with Crippen LogP contribution in [0.4, 0.5) is 0 Å². The van der Waals surface area contributed by atoms with Crippen LogP contribution in [0.3, 0.4) is 0 Å². The highest BCUT2D eigenvalue weighted by atomic mass is 14.3. The predicted molar refractivity (Wildman–Crippen MR) is 92.1 cm³/mol. The van der Waals surface area contributed by atoms with Crippen molar-refractivity contribution in [1.29, 1.82) is 15.8 Å². The molecular weight excluding hydrogens is 296 g/mol. The van der Waals surface area contributed by atoms with E-state index in [1.54, 1.807) is 12.2 Å². The molecule has 0 N–H and O–H groups in total. The van der Waals surface area contributed by atoms with Crippen LogP contribution in [-0.2, 0) is 0 Å². The first-order chi connectivity index (χ1) is 11.7. The van der Waals surface area contributed by atoms with E-state index in [1.165, 1.54) is 0 Å². The third-order valence-corrected chi connectivity index (χ3v) is 3.72. The smallest absolute Gasteiger partial charge is 0.129 e. The van der Waals surface area contributed by atoms with Crippen molar-refractivity contribution >= 4 is 11.4 Å². The van der Waals surface area contributed by atoms with Crippen LogP contribution in [-0.4, -0.2) is 5.87 Å². The fraction of sp³-hybridized carbons (Fsp3) is 0.150. The molecule has 0 amide bonds. The van der Waals surface area contributed by atoms with Crippen LogP contribution < -0.4 is 0 Å². The molecule has 24 heavy (non-hydrogen) atoms. The maximum atomic E-state index is 9.03. The highest BCUT2D eigenvalue weighted by Gasteiger charge is 2.18. The van der Waals surface area contributed by atoms with E-state index >= 15 is 0 Å². The molecule has 0 aliphatic heterocycles. The zero-order valence-electron chi connectivity index (χ0n) is 13.0. The maximum Gasteiger partial charge on any atom is 0.129 e. The van der Waals surface area contributed by atoms with Crippen LogP contribution in [0.1, 0.15) is 24.8 Å². The first-order valence-electron chi connectivity index (χ1n) is 7.42. The number of nitriles is 3. The van der Waals surface area contributed by atoms with Crippen LogP contribution in [0.2, 0.25) is 0 Å². The lowest BCUT2D eigenvalue weighted by atomic mass is 9.82. The Labute approximate surface area is 141 Å². The maximum absolute atomic E-state index is 9.03. The first kappa shape index (κ1) is 16.7. The number of nitrogens with zero attached hydrogens (tertiary/aromatic N) is 4. The summed E-state index contributed by atoms with van der Waals surface area (Å²) in [6.07, 6.45) is 5.52. The van der Waals surface area contributed by atoms with Gasteiger partial charge in [0.2, 0.25) is 0 Å². The van der Waals surface area contributed by atoms with Gasteiger partial charge in [-0.3, -0.25) is 5.87 Å². The van der Waals surface area contributed by atoms with E-state index in [-0.39, 0.29) is 11.1 Å². The molecule has 0 aromatic heterocycles. The largest absolute Gasteiger partial charge is 0.762 e. The minimum atomic E-state index is 0.0458. The van der Waals surface area contributed by atoms with Gasteiger partial charge < -0.3 is 5.41 Å². The second-order valence-electron chi connectivity index (χ2n) is 5.21. The summed E-state index contributed by atoms with van der Waals surface area (Å²) in [5.41, 5.74) is 3.70. The van der Waals surface area contributed by atoms with Crippen molar-refractivity contribution < 1.29 is 0 Å². The molecule has 1 aromatic rings. The molecule has 1 aromatic carbocycles. The molecule has 0 heterocycles. The van der Waals surface area contributed by atoms with Crippen molar-refractivity contribution in [2.45, 2.75) is 19.3 Å². The fourth-order valence-electron chi connectivity index (χ4n) is 2.72. The van der Waals surface area contributed by atoms with Gasteiger partial charge >= 0.3 is 0 Å². The molecule has 0 radical (unpaired) electrons. The van der Waals surface area contributed by atoms with Gasteiger partial charge in [-0.2, -0.15) is 15.8 Å². The van der Waals surface area contributed by atoms with E-state index in [0.717, 1.165) is 41.5 Å². The number of benzene rings is 1. The van der Waals surface area contributed by atoms with Gasteiger partial charge in [0, 0.05) is 0 Å². The number of hydrogen-bond acceptors (Lipinski definition) is 3. The van der Waals surface area contributed by atoms with Crippen molar-refractivity contribution in [1.82, 2.24) is 0 Å². The highest BCUT2D eigenvalue weighted by molar-refractivity contribution is 5.86. The molecule has 114 valence electrons. The van der Waals surface area contributed by atoms with E-state index in [0.29, 0.717) is 0 Å². The lowest BCUT2D eigenvalue weighted by Crippen LogP contribution is -2.03. The lowest BCUT2D eigenvalue weighted by Gasteiger charge is -2.22. The van der Waals surface area contributed by atoms with Crippen LogP contribution >= 0.6 is 0 Å². The Balaban J connectivity index is 2.73. The first-order valence-corrected chi connectivity index (χ1v) is 7.42. The molecular formula is C20H13N4-. The van der Waals surface area contributed by atoms with Crippen molar-refractivity contribution in [3.05, 3.63) is 75.7 Å². The fourth-order valence-corrected chi connectivity index (χ4v) is 2.72. The van der Waals surface area contributed by atoms with Gasteiger partial charge in [-0.05, 0) is 53.7 Å². The molecule has 2 rings (SSSR count). The minimum absolute atomic E-state index is 0.0458. The van der Waals surface area contributed by atoms with Gasteiger partial charge in [0.05, 0.1) is 5.57 Å². The molecule has 1 aliphatic carbocycles. The van der Waals surface area contributed by atoms with Gasteiger partial charge in [0.25, 0.3) is 0 Å². The molecule has 0 bridgehead atoms. The summed E-state index contributed by atoms with van der Waals surface area (Å²) in [4.78, 5) is 0. The Kier molecular flexibility index (Phi) is 5.65. The average Bonchev–Trinajstić information content (AvgIpc) is 2.64. The van der Waals surface area contributed by atoms with Crippen molar-refractivity contribution in [3.8, 4) is 18.2 Å². The average molecular weight is 309 g/mol. The summed E-state index contributed by atoms with van der Waals surface area (Å²) < 4.78 is 0. The summed E-state index contributed by atoms with van der Waals surface area (Å²) >= 11 is 0. The van der Waals surface area contributed by atoms with Crippen molar-refractivity contribution in [2.75, 3.05) is 0 Å². The Bertz CT molecular complexity index is 887. The summed E-state index contributed by atoms with van der Waals surface area (Å²) in [7, 11) is 0. The van der Waals surface area contributed by atoms with Gasteiger partial charge in [-0.15, -0.1) is 0 Å². The second-order valence-corrected chi connectivity index (χ2v) is 5.21. The number of allylic oxidation sites excluding steroid dienone is 7. The molecule has 4 heteroatoms. The van der Waals surface area contributed by atoms with E-state index in [4.69, 9.17) is 21.2 Å². The Morgan fingerprint density at radius 2 is 1.71 bits per heavy atom. The molecule has 0 saturated heterocycles. The summed E-state index contributed by atoms with van der Waals surface area (Å²) in [6.45, 7) is 0. The van der Waals surface area contributed by atoms with E-state index < -0.39 is 0 Å². The SMILES string of the molecule is N#CC(=C=[N-])C=C1CCCC(C=C(C#N)C#N)=C1c1ccccc1. The molecule has 0 fully saturated rings. The van der Waals surface area contributed by atoms with Crippen molar-refractivity contribution in [2.24, 2.45) is 0 Å². The molecule has 4 nitrogen and oxygen atoms in total. The van der Waals surface area contributed by atoms with Crippen LogP contribution in [0.5, 0.6) is 0 Å². The van der Waals surface area contributed by atoms with Crippen molar-refractivity contribution in [3.63, 3.8) is 0 Å². The summed E-state index contributed by atoms with van der Waals surface area (Å²) in [6, 6.07) is 15.3. The Morgan fingerprint density at radius 1 is 1.00 bits per heavy atom. The standard InChI is InChI=1S/C20H13N4/c21-11-15(12-22)9-18-7-4-8-19(10-16(13-23)14-24)20(18)17-5-2-1-3-6-17/h1-3,5-6,9-10H,4,7-8H2/q-1. The Morgan fingerprint density at radius 3 is 2.29 bits per heavy atom. The van der Waals surface area contributed by atoms with Gasteiger partial charge in [-0.25, -0.2) is 0 Å². The lowest BCUT2D eigenvalue weighted by molar-refractivity contribution is 0.805. The monoisotopic (exact) mass is 309 g/mol. The van der Waals surface area contributed by atoms with Gasteiger partial charge in [0.15, 0.2) is 0 Å². The molecule has 1 aliphatic rings. The third kappa shape index (κ3) is 3.76. The third-order valence-electron chi connectivity index (χ3n) is 3.72. The molecule has 0 unspecified atom stereocenters. The Hall–Kier alpha value is -3.64. The zero-order valence-corrected chi connectivity index (χ0v) is 13.0. The van der Waals surface area contributed by atoms with Crippen LogP contribution in [0.15, 0.2) is 64.8 Å². The number of rotatable bonds is 3. The van der Waals surface area contributed by atoms with E-state index in [1.807, 2.05) is 54.4 Å². The van der Waals surface area contributed by atoms with E-state index in [9.17, 15) is 0 Å². The normalized spacial score (nSPS) is 14.8. The summed E-state index contributed by atoms with van der Waals surface area (Å²) in [5.74, 6) is 1.89. The minimum Gasteiger partial charge on any atom is -0.762 e. The topological polar surface area (TPSA) is 93.7 Å². The van der Waals surface area contributed by atoms with E-state index in [2.05, 4.69) is 0 Å². The van der Waals surface area contributed by atoms with Crippen LogP contribution in [0, 0.1) is 34.0 Å². The highest BCUT2D eigenvalue weighted by Crippen LogP contribution is 2.38. The second kappa shape index (κ2) is 8.11. The van der Waals surface area contributed by atoms with Gasteiger partial charge in [-0.1, -0.05) is 30.3 Å². The molecule has 0 atom stereocenters.